The molecule has 1 unspecified atom stereocenters. The van der Waals surface area contributed by atoms with Crippen LogP contribution < -0.4 is 5.73 Å². The number of hydrogen-bond acceptors (Lipinski definition) is 2. The fourth-order valence-corrected chi connectivity index (χ4v) is 0.999. The number of nitrogens with two attached hydrogens (primary N) is 1. The molecule has 0 spiro atoms. The number of aliphatic hydroxyl groups excluding tert-OH is 1. The predicted octanol–water partition coefficient (Wildman–Crippen LogP) is 1.34. The van der Waals surface area contributed by atoms with Gasteiger partial charge in [-0.2, -0.15) is 0 Å². The van der Waals surface area contributed by atoms with Crippen LogP contribution in [-0.2, 0) is 6.61 Å². The van der Waals surface area contributed by atoms with E-state index in [1.807, 2.05) is 6.92 Å². The lowest BCUT2D eigenvalue weighted by atomic mass is 10.1. The average molecular weight is 169 g/mol. The van der Waals surface area contributed by atoms with Gasteiger partial charge in [0.05, 0.1) is 6.61 Å². The molecule has 0 heterocycles. The van der Waals surface area contributed by atoms with E-state index in [1.54, 1.807) is 12.1 Å². The molecule has 0 radical (unpaired) electrons. The first-order valence-electron chi connectivity index (χ1n) is 3.80. The van der Waals surface area contributed by atoms with Crippen LogP contribution in [0.25, 0.3) is 0 Å². The van der Waals surface area contributed by atoms with Crippen molar-refractivity contribution in [3.63, 3.8) is 0 Å². The number of aliphatic hydroxyl groups is 1. The van der Waals surface area contributed by atoms with Gasteiger partial charge < -0.3 is 10.8 Å². The fourth-order valence-electron chi connectivity index (χ4n) is 0.999. The number of benzene rings is 1. The Morgan fingerprint density at radius 3 is 2.75 bits per heavy atom. The van der Waals surface area contributed by atoms with Crippen molar-refractivity contribution in [1.29, 1.82) is 0 Å². The molecule has 0 amide bonds. The van der Waals surface area contributed by atoms with Gasteiger partial charge in [0.1, 0.15) is 5.82 Å². The highest BCUT2D eigenvalue weighted by atomic mass is 19.1. The van der Waals surface area contributed by atoms with Gasteiger partial charge in [-0.3, -0.25) is 0 Å². The molecule has 1 aromatic carbocycles. The van der Waals surface area contributed by atoms with Gasteiger partial charge in [-0.15, -0.1) is 0 Å². The van der Waals surface area contributed by atoms with E-state index < -0.39 is 0 Å². The van der Waals surface area contributed by atoms with Crippen LogP contribution in [0.2, 0.25) is 0 Å². The Labute approximate surface area is 70.8 Å². The molecular formula is C9H12FNO. The Kier molecular flexibility index (Phi) is 2.78. The van der Waals surface area contributed by atoms with Crippen LogP contribution in [0.15, 0.2) is 18.2 Å². The van der Waals surface area contributed by atoms with E-state index in [0.29, 0.717) is 5.56 Å². The van der Waals surface area contributed by atoms with Gasteiger partial charge in [0.25, 0.3) is 0 Å². The summed E-state index contributed by atoms with van der Waals surface area (Å²) in [4.78, 5) is 0. The second-order valence-corrected chi connectivity index (χ2v) is 2.80. The van der Waals surface area contributed by atoms with Crippen LogP contribution in [0.4, 0.5) is 4.39 Å². The maximum Gasteiger partial charge on any atom is 0.128 e. The van der Waals surface area contributed by atoms with Crippen LogP contribution >= 0.6 is 0 Å². The van der Waals surface area contributed by atoms with Gasteiger partial charge in [0.15, 0.2) is 0 Å². The molecule has 3 N–H and O–H groups in total. The van der Waals surface area contributed by atoms with E-state index in [2.05, 4.69) is 0 Å². The van der Waals surface area contributed by atoms with Crippen LogP contribution in [-0.4, -0.2) is 5.11 Å². The van der Waals surface area contributed by atoms with Crippen LogP contribution in [0.1, 0.15) is 24.1 Å². The van der Waals surface area contributed by atoms with Gasteiger partial charge in [0, 0.05) is 11.6 Å². The Morgan fingerprint density at radius 1 is 1.58 bits per heavy atom. The lowest BCUT2D eigenvalue weighted by Gasteiger charge is -2.07. The summed E-state index contributed by atoms with van der Waals surface area (Å²) in [6.07, 6.45) is 0. The van der Waals surface area contributed by atoms with Crippen molar-refractivity contribution in [3.05, 3.63) is 35.1 Å². The van der Waals surface area contributed by atoms with Crippen molar-refractivity contribution in [2.24, 2.45) is 5.73 Å². The molecule has 0 aliphatic carbocycles. The number of rotatable bonds is 2. The number of halogens is 1. The van der Waals surface area contributed by atoms with Gasteiger partial charge in [0.2, 0.25) is 0 Å². The minimum atomic E-state index is -0.387. The molecule has 0 saturated carbocycles. The van der Waals surface area contributed by atoms with E-state index in [9.17, 15) is 4.39 Å². The molecule has 0 aliphatic rings. The SMILES string of the molecule is CC(N)c1ccc(F)c(CO)c1. The monoisotopic (exact) mass is 169 g/mol. The molecule has 2 nitrogen and oxygen atoms in total. The van der Waals surface area contributed by atoms with E-state index in [4.69, 9.17) is 10.8 Å². The minimum absolute atomic E-state index is 0.129. The highest BCUT2D eigenvalue weighted by Gasteiger charge is 2.04. The fraction of sp³-hybridized carbons (Fsp3) is 0.333. The summed E-state index contributed by atoms with van der Waals surface area (Å²) in [7, 11) is 0. The maximum atomic E-state index is 12.8. The highest BCUT2D eigenvalue weighted by Crippen LogP contribution is 2.14. The van der Waals surface area contributed by atoms with E-state index in [1.165, 1.54) is 6.07 Å². The maximum absolute atomic E-state index is 12.8. The summed E-state index contributed by atoms with van der Waals surface area (Å²) in [5.74, 6) is -0.387. The molecule has 0 saturated heterocycles. The summed E-state index contributed by atoms with van der Waals surface area (Å²) < 4.78 is 12.8. The largest absolute Gasteiger partial charge is 0.392 e. The highest BCUT2D eigenvalue weighted by molar-refractivity contribution is 5.26. The van der Waals surface area contributed by atoms with Gasteiger partial charge in [-0.1, -0.05) is 6.07 Å². The van der Waals surface area contributed by atoms with Crippen molar-refractivity contribution >= 4 is 0 Å². The Bertz CT molecular complexity index is 273. The standard InChI is InChI=1S/C9H12FNO/c1-6(11)7-2-3-9(10)8(4-7)5-12/h2-4,6,12H,5,11H2,1H3. The number of hydrogen-bond donors (Lipinski definition) is 2. The van der Waals surface area contributed by atoms with Crippen LogP contribution in [0.5, 0.6) is 0 Å². The van der Waals surface area contributed by atoms with E-state index in [0.717, 1.165) is 5.56 Å². The average Bonchev–Trinajstić information content (AvgIpc) is 2.05. The Balaban J connectivity index is 3.05. The smallest absolute Gasteiger partial charge is 0.128 e. The van der Waals surface area contributed by atoms with Crippen molar-refractivity contribution in [2.75, 3.05) is 0 Å². The zero-order valence-corrected chi connectivity index (χ0v) is 6.92. The molecule has 1 atom stereocenters. The molecule has 0 bridgehead atoms. The third-order valence-electron chi connectivity index (χ3n) is 1.77. The topological polar surface area (TPSA) is 46.2 Å². The molecule has 0 aromatic heterocycles. The van der Waals surface area contributed by atoms with Crippen LogP contribution in [0.3, 0.4) is 0 Å². The van der Waals surface area contributed by atoms with Gasteiger partial charge in [-0.25, -0.2) is 4.39 Å². The lowest BCUT2D eigenvalue weighted by Crippen LogP contribution is -2.06. The van der Waals surface area contributed by atoms with Crippen molar-refractivity contribution < 1.29 is 9.50 Å². The van der Waals surface area contributed by atoms with Gasteiger partial charge >= 0.3 is 0 Å². The molecule has 66 valence electrons. The van der Waals surface area contributed by atoms with Crippen molar-refractivity contribution in [2.45, 2.75) is 19.6 Å². The zero-order chi connectivity index (χ0) is 9.14. The molecule has 1 aromatic rings. The third kappa shape index (κ3) is 1.81. The van der Waals surface area contributed by atoms with Crippen LogP contribution in [0, 0.1) is 5.82 Å². The molecule has 3 heteroatoms. The van der Waals surface area contributed by atoms with E-state index in [-0.39, 0.29) is 18.5 Å². The quantitative estimate of drug-likeness (QED) is 0.701. The Morgan fingerprint density at radius 2 is 2.25 bits per heavy atom. The van der Waals surface area contributed by atoms with Gasteiger partial charge in [-0.05, 0) is 24.6 Å². The normalized spacial score (nSPS) is 13.0. The summed E-state index contributed by atoms with van der Waals surface area (Å²) >= 11 is 0. The summed E-state index contributed by atoms with van der Waals surface area (Å²) in [6, 6.07) is 4.40. The molecular weight excluding hydrogens is 157 g/mol. The predicted molar refractivity (Wildman–Crippen MR) is 44.9 cm³/mol. The lowest BCUT2D eigenvalue weighted by molar-refractivity contribution is 0.275. The summed E-state index contributed by atoms with van der Waals surface area (Å²) in [6.45, 7) is 1.53. The summed E-state index contributed by atoms with van der Waals surface area (Å²) in [5, 5.41) is 8.74. The second-order valence-electron chi connectivity index (χ2n) is 2.80. The zero-order valence-electron chi connectivity index (χ0n) is 6.92. The first-order chi connectivity index (χ1) is 5.65. The molecule has 1 rings (SSSR count). The molecule has 0 fully saturated rings. The minimum Gasteiger partial charge on any atom is -0.392 e. The Hall–Kier alpha value is -0.930. The van der Waals surface area contributed by atoms with Crippen molar-refractivity contribution in [1.82, 2.24) is 0 Å². The third-order valence-corrected chi connectivity index (χ3v) is 1.77. The first kappa shape index (κ1) is 9.16. The summed E-state index contributed by atoms with van der Waals surface area (Å²) in [5.41, 5.74) is 6.71. The molecule has 0 aliphatic heterocycles. The first-order valence-corrected chi connectivity index (χ1v) is 3.80. The van der Waals surface area contributed by atoms with E-state index >= 15 is 0 Å². The second kappa shape index (κ2) is 3.65. The molecule has 12 heavy (non-hydrogen) atoms. The van der Waals surface area contributed by atoms with Crippen molar-refractivity contribution in [3.8, 4) is 0 Å².